The largest absolute Gasteiger partial charge is 0.497 e. The van der Waals surface area contributed by atoms with Crippen molar-refractivity contribution >= 4 is 11.6 Å². The van der Waals surface area contributed by atoms with E-state index in [9.17, 15) is 9.59 Å². The summed E-state index contributed by atoms with van der Waals surface area (Å²) in [6.07, 6.45) is 0. The van der Waals surface area contributed by atoms with E-state index >= 15 is 0 Å². The second-order valence-electron chi connectivity index (χ2n) is 6.15. The third kappa shape index (κ3) is 5.81. The molecule has 0 saturated heterocycles. The maximum Gasteiger partial charge on any atom is 0.159 e. The highest BCUT2D eigenvalue weighted by Crippen LogP contribution is 2.24. The molecular weight excluding hydrogens is 352 g/mol. The van der Waals surface area contributed by atoms with Crippen molar-refractivity contribution in [2.75, 3.05) is 14.2 Å². The smallest absolute Gasteiger partial charge is 0.159 e. The van der Waals surface area contributed by atoms with Crippen molar-refractivity contribution < 1.29 is 19.1 Å². The molecule has 0 aromatic heterocycles. The van der Waals surface area contributed by atoms with E-state index in [0.717, 1.165) is 11.5 Å². The van der Waals surface area contributed by atoms with Crippen LogP contribution < -0.4 is 9.47 Å². The van der Waals surface area contributed by atoms with Gasteiger partial charge >= 0.3 is 0 Å². The average molecular weight is 376 g/mol. The minimum Gasteiger partial charge on any atom is -0.497 e. The molecule has 0 bridgehead atoms. The van der Waals surface area contributed by atoms with Crippen molar-refractivity contribution in [1.82, 2.24) is 0 Å². The van der Waals surface area contributed by atoms with Crippen LogP contribution in [-0.4, -0.2) is 25.8 Å². The number of ether oxygens (including phenoxy) is 2. The number of carbonyl (C=O) groups excluding carboxylic acids is 2. The molecule has 0 aliphatic rings. The highest BCUT2D eigenvalue weighted by Gasteiger charge is 2.02. The summed E-state index contributed by atoms with van der Waals surface area (Å²) in [4.78, 5) is 21.8. The Labute approximate surface area is 165 Å². The standard InChI is InChI=1S/C14H14O2.C10H10O2/c1-15-13-7-3-11(4-8-13)12-5-9-14(16-2)10-6-12;1-7(11)9-4-3-5-10(6-9)8(2)12/h3-10H,1-2H3;3-6H,1-2H3. The molecule has 0 amide bonds. The summed E-state index contributed by atoms with van der Waals surface area (Å²) in [7, 11) is 3.34. The summed E-state index contributed by atoms with van der Waals surface area (Å²) >= 11 is 0. The van der Waals surface area contributed by atoms with Gasteiger partial charge in [0.1, 0.15) is 11.5 Å². The zero-order valence-corrected chi connectivity index (χ0v) is 16.6. The van der Waals surface area contributed by atoms with E-state index in [1.807, 2.05) is 48.5 Å². The first kappa shape index (κ1) is 20.9. The first-order valence-corrected chi connectivity index (χ1v) is 8.85. The molecule has 0 atom stereocenters. The highest BCUT2D eigenvalue weighted by molar-refractivity contribution is 5.99. The molecule has 3 aromatic rings. The van der Waals surface area contributed by atoms with Crippen molar-refractivity contribution in [3.05, 3.63) is 83.9 Å². The second kappa shape index (κ2) is 10.1. The maximum absolute atomic E-state index is 10.9. The lowest BCUT2D eigenvalue weighted by Gasteiger charge is -2.05. The summed E-state index contributed by atoms with van der Waals surface area (Å²) in [5.74, 6) is 1.71. The van der Waals surface area contributed by atoms with E-state index in [-0.39, 0.29) is 11.6 Å². The van der Waals surface area contributed by atoms with Crippen molar-refractivity contribution in [3.63, 3.8) is 0 Å². The van der Waals surface area contributed by atoms with Gasteiger partial charge in [-0.15, -0.1) is 0 Å². The van der Waals surface area contributed by atoms with Gasteiger partial charge in [-0.2, -0.15) is 0 Å². The van der Waals surface area contributed by atoms with Crippen LogP contribution in [0.25, 0.3) is 11.1 Å². The van der Waals surface area contributed by atoms with Gasteiger partial charge in [-0.1, -0.05) is 42.5 Å². The van der Waals surface area contributed by atoms with Gasteiger partial charge in [0, 0.05) is 11.1 Å². The fourth-order valence-corrected chi connectivity index (χ4v) is 2.52. The van der Waals surface area contributed by atoms with Crippen LogP contribution in [0.3, 0.4) is 0 Å². The van der Waals surface area contributed by atoms with E-state index < -0.39 is 0 Å². The fourth-order valence-electron chi connectivity index (χ4n) is 2.52. The lowest BCUT2D eigenvalue weighted by molar-refractivity contribution is 0.101. The number of methoxy groups -OCH3 is 2. The van der Waals surface area contributed by atoms with Gasteiger partial charge in [-0.25, -0.2) is 0 Å². The van der Waals surface area contributed by atoms with Crippen molar-refractivity contribution in [2.24, 2.45) is 0 Å². The van der Waals surface area contributed by atoms with Gasteiger partial charge in [0.25, 0.3) is 0 Å². The predicted molar refractivity (Wildman–Crippen MR) is 111 cm³/mol. The van der Waals surface area contributed by atoms with Crippen LogP contribution in [0.4, 0.5) is 0 Å². The van der Waals surface area contributed by atoms with Crippen molar-refractivity contribution in [3.8, 4) is 22.6 Å². The third-order valence-electron chi connectivity index (χ3n) is 4.19. The number of rotatable bonds is 5. The molecule has 3 rings (SSSR count). The lowest BCUT2D eigenvalue weighted by Crippen LogP contribution is -1.96. The number of benzene rings is 3. The van der Waals surface area contributed by atoms with E-state index in [1.54, 1.807) is 38.5 Å². The summed E-state index contributed by atoms with van der Waals surface area (Å²) in [6, 6.07) is 22.7. The summed E-state index contributed by atoms with van der Waals surface area (Å²) in [5.41, 5.74) is 3.51. The van der Waals surface area contributed by atoms with Gasteiger partial charge in [-0.05, 0) is 55.3 Å². The molecule has 0 aliphatic carbocycles. The van der Waals surface area contributed by atoms with Gasteiger partial charge in [0.15, 0.2) is 11.6 Å². The van der Waals surface area contributed by atoms with E-state index in [1.165, 1.54) is 25.0 Å². The normalized spacial score (nSPS) is 9.71. The van der Waals surface area contributed by atoms with Gasteiger partial charge in [0.05, 0.1) is 14.2 Å². The van der Waals surface area contributed by atoms with Gasteiger partial charge in [-0.3, -0.25) is 9.59 Å². The Morgan fingerprint density at radius 1 is 0.607 bits per heavy atom. The van der Waals surface area contributed by atoms with Crippen molar-refractivity contribution in [2.45, 2.75) is 13.8 Å². The fraction of sp³-hybridized carbons (Fsp3) is 0.167. The minimum atomic E-state index is -0.0156. The van der Waals surface area contributed by atoms with Crippen LogP contribution in [0.2, 0.25) is 0 Å². The molecule has 0 fully saturated rings. The molecule has 28 heavy (non-hydrogen) atoms. The Bertz CT molecular complexity index is 851. The molecule has 0 heterocycles. The van der Waals surface area contributed by atoms with Crippen LogP contribution in [-0.2, 0) is 0 Å². The van der Waals surface area contributed by atoms with E-state index in [0.29, 0.717) is 11.1 Å². The molecule has 3 aromatic carbocycles. The summed E-state index contributed by atoms with van der Waals surface area (Å²) in [5, 5.41) is 0. The maximum atomic E-state index is 10.9. The minimum absolute atomic E-state index is 0.0156. The molecule has 0 aliphatic heterocycles. The Morgan fingerprint density at radius 3 is 1.25 bits per heavy atom. The molecule has 0 N–H and O–H groups in total. The van der Waals surface area contributed by atoms with Crippen LogP contribution in [0.1, 0.15) is 34.6 Å². The van der Waals surface area contributed by atoms with Crippen LogP contribution >= 0.6 is 0 Å². The molecule has 4 heteroatoms. The van der Waals surface area contributed by atoms with Gasteiger partial charge in [0.2, 0.25) is 0 Å². The first-order valence-electron chi connectivity index (χ1n) is 8.85. The number of ketones is 2. The molecular formula is C24H24O4. The summed E-state index contributed by atoms with van der Waals surface area (Å²) < 4.78 is 10.2. The first-order chi connectivity index (χ1) is 13.4. The Balaban J connectivity index is 0.000000209. The predicted octanol–water partition coefficient (Wildman–Crippen LogP) is 5.46. The SMILES string of the molecule is CC(=O)c1cccc(C(C)=O)c1.COc1ccc(-c2ccc(OC)cc2)cc1. The van der Waals surface area contributed by atoms with E-state index in [4.69, 9.17) is 9.47 Å². The Morgan fingerprint density at radius 2 is 0.964 bits per heavy atom. The highest BCUT2D eigenvalue weighted by atomic mass is 16.5. The molecule has 0 saturated carbocycles. The van der Waals surface area contributed by atoms with Crippen LogP contribution in [0, 0.1) is 0 Å². The number of Topliss-reactive ketones (excluding diaryl/α,β-unsaturated/α-hetero) is 2. The zero-order chi connectivity index (χ0) is 20.5. The van der Waals surface area contributed by atoms with Crippen molar-refractivity contribution in [1.29, 1.82) is 0 Å². The lowest BCUT2D eigenvalue weighted by atomic mass is 10.1. The quantitative estimate of drug-likeness (QED) is 0.555. The van der Waals surface area contributed by atoms with Gasteiger partial charge < -0.3 is 9.47 Å². The summed E-state index contributed by atoms with van der Waals surface area (Å²) in [6.45, 7) is 2.97. The van der Waals surface area contributed by atoms with Crippen LogP contribution in [0.5, 0.6) is 11.5 Å². The molecule has 0 unspecified atom stereocenters. The average Bonchev–Trinajstić information content (AvgIpc) is 2.74. The Kier molecular flexibility index (Phi) is 7.52. The number of carbonyl (C=O) groups is 2. The monoisotopic (exact) mass is 376 g/mol. The van der Waals surface area contributed by atoms with E-state index in [2.05, 4.69) is 0 Å². The third-order valence-corrected chi connectivity index (χ3v) is 4.19. The second-order valence-corrected chi connectivity index (χ2v) is 6.15. The molecule has 144 valence electrons. The Hall–Kier alpha value is -3.40. The molecule has 0 radical (unpaired) electrons. The van der Waals surface area contributed by atoms with Crippen LogP contribution in [0.15, 0.2) is 72.8 Å². The molecule has 0 spiro atoms. The number of hydrogen-bond acceptors (Lipinski definition) is 4. The molecule has 4 nitrogen and oxygen atoms in total. The zero-order valence-electron chi connectivity index (χ0n) is 16.6. The topological polar surface area (TPSA) is 52.6 Å². The number of hydrogen-bond donors (Lipinski definition) is 0.